The number of alkyl halides is 3. The maximum atomic E-state index is 14.5. The average molecular weight is 745 g/mol. The highest BCUT2D eigenvalue weighted by Crippen LogP contribution is 2.52. The van der Waals surface area contributed by atoms with Gasteiger partial charge in [0.2, 0.25) is 0 Å². The molecule has 7 aromatic carbocycles. The molecular weight excluding hydrogens is 700 g/mol. The fourth-order valence-electron chi connectivity index (χ4n) is 9.28. The predicted molar refractivity (Wildman–Crippen MR) is 229 cm³/mol. The van der Waals surface area contributed by atoms with E-state index in [0.29, 0.717) is 11.4 Å². The first-order valence-corrected chi connectivity index (χ1v) is 19.3. The standard InChI is InChI=1S/C49H44BF3N2O/c1-29-15-13-17-34-32(29)23-25-38-45(34)54(40-21-11-9-19-36(40)47(3,4)5)42-27-31(56-49(51,52)53)28-43-44(42)50(38)39-26-24-33-30(2)16-14-18-35(33)46(39)55(43)41-22-12-10-20-37(41)48(6,7)8/h9-28H,1-8H3. The molecule has 0 aliphatic carbocycles. The van der Waals surface area contributed by atoms with Crippen LogP contribution in [-0.4, -0.2) is 13.1 Å². The Bertz CT molecular complexity index is 2560. The zero-order chi connectivity index (χ0) is 39.5. The van der Waals surface area contributed by atoms with Gasteiger partial charge in [-0.3, -0.25) is 0 Å². The summed E-state index contributed by atoms with van der Waals surface area (Å²) in [5, 5.41) is 4.28. The van der Waals surface area contributed by atoms with Crippen LogP contribution in [0.5, 0.6) is 5.75 Å². The summed E-state index contributed by atoms with van der Waals surface area (Å²) in [6.45, 7) is 17.0. The number of hydrogen-bond donors (Lipinski definition) is 0. The van der Waals surface area contributed by atoms with Crippen LogP contribution in [0.25, 0.3) is 21.5 Å². The van der Waals surface area contributed by atoms with Crippen LogP contribution in [0.4, 0.5) is 47.3 Å². The summed E-state index contributed by atoms with van der Waals surface area (Å²) in [4.78, 5) is 4.45. The van der Waals surface area contributed by atoms with Crippen molar-refractivity contribution < 1.29 is 17.9 Å². The zero-order valence-electron chi connectivity index (χ0n) is 33.1. The number of nitrogens with zero attached hydrogens (tertiary/aromatic N) is 2. The molecule has 0 saturated carbocycles. The van der Waals surface area contributed by atoms with E-state index in [1.807, 2.05) is 24.3 Å². The number of para-hydroxylation sites is 2. The van der Waals surface area contributed by atoms with Crippen LogP contribution in [0.15, 0.2) is 121 Å². The second-order valence-electron chi connectivity index (χ2n) is 17.4. The SMILES string of the molecule is Cc1cccc2c3c(ccc12)B1c2ccc4c(C)cccc4c2N(c2ccccc2C(C)(C)C)c2cc(OC(F)(F)F)cc(c21)N3c1ccccc1C(C)(C)C. The normalized spacial score (nSPS) is 13.9. The van der Waals surface area contributed by atoms with Crippen molar-refractivity contribution in [2.45, 2.75) is 72.6 Å². The van der Waals surface area contributed by atoms with Crippen LogP contribution >= 0.6 is 0 Å². The van der Waals surface area contributed by atoms with E-state index in [1.54, 1.807) is 12.1 Å². The molecule has 0 fully saturated rings. The fraction of sp³-hybridized carbons (Fsp3) is 0.224. The largest absolute Gasteiger partial charge is 0.573 e. The number of halogens is 3. The van der Waals surface area contributed by atoms with Crippen molar-refractivity contribution in [2.24, 2.45) is 0 Å². The number of hydrogen-bond acceptors (Lipinski definition) is 3. The molecule has 7 heteroatoms. The van der Waals surface area contributed by atoms with Crippen molar-refractivity contribution >= 4 is 78.8 Å². The Hall–Kier alpha value is -5.69. The topological polar surface area (TPSA) is 15.7 Å². The summed E-state index contributed by atoms with van der Waals surface area (Å²) in [6.07, 6.45) is -4.91. The number of ether oxygens (including phenoxy) is 1. The van der Waals surface area contributed by atoms with Gasteiger partial charge in [-0.05, 0) is 86.2 Å². The van der Waals surface area contributed by atoms with E-state index in [2.05, 4.69) is 150 Å². The number of benzene rings is 7. The Labute approximate surface area is 327 Å². The van der Waals surface area contributed by atoms with E-state index in [1.165, 1.54) is 0 Å². The molecule has 9 rings (SSSR count). The third-order valence-corrected chi connectivity index (χ3v) is 11.7. The summed E-state index contributed by atoms with van der Waals surface area (Å²) >= 11 is 0. The first-order valence-electron chi connectivity index (χ1n) is 19.3. The molecule has 0 aromatic heterocycles. The fourth-order valence-corrected chi connectivity index (χ4v) is 9.28. The first kappa shape index (κ1) is 36.0. The molecule has 7 aromatic rings. The number of anilines is 6. The lowest BCUT2D eigenvalue weighted by atomic mass is 9.33. The lowest BCUT2D eigenvalue weighted by Gasteiger charge is -2.46. The average Bonchev–Trinajstić information content (AvgIpc) is 3.13. The van der Waals surface area contributed by atoms with Crippen molar-refractivity contribution in [3.05, 3.63) is 144 Å². The molecule has 0 unspecified atom stereocenters. The van der Waals surface area contributed by atoms with Gasteiger partial charge in [-0.2, -0.15) is 0 Å². The van der Waals surface area contributed by atoms with E-state index < -0.39 is 6.36 Å². The van der Waals surface area contributed by atoms with Gasteiger partial charge in [0.15, 0.2) is 0 Å². The van der Waals surface area contributed by atoms with Crippen LogP contribution < -0.4 is 30.9 Å². The third kappa shape index (κ3) is 5.57. The second-order valence-corrected chi connectivity index (χ2v) is 17.4. The Morgan fingerprint density at radius 1 is 0.482 bits per heavy atom. The Morgan fingerprint density at radius 2 is 0.911 bits per heavy atom. The maximum absolute atomic E-state index is 14.5. The van der Waals surface area contributed by atoms with Crippen molar-refractivity contribution in [3.63, 3.8) is 0 Å². The highest BCUT2D eigenvalue weighted by molar-refractivity contribution is 7.00. The molecular formula is C49H44BF3N2O. The van der Waals surface area contributed by atoms with E-state index in [4.69, 9.17) is 4.74 Å². The number of aryl methyl sites for hydroxylation is 2. The minimum absolute atomic E-state index is 0.263. The number of rotatable bonds is 3. The van der Waals surface area contributed by atoms with E-state index in [-0.39, 0.29) is 23.3 Å². The zero-order valence-corrected chi connectivity index (χ0v) is 33.1. The molecule has 2 aliphatic rings. The molecule has 280 valence electrons. The van der Waals surface area contributed by atoms with Gasteiger partial charge < -0.3 is 14.5 Å². The summed E-state index contributed by atoms with van der Waals surface area (Å²) in [5.74, 6) is -0.263. The smallest absolute Gasteiger partial charge is 0.406 e. The van der Waals surface area contributed by atoms with Gasteiger partial charge in [0.25, 0.3) is 6.71 Å². The number of fused-ring (bicyclic) bond motifs is 8. The lowest BCUT2D eigenvalue weighted by molar-refractivity contribution is -0.274. The Kier molecular flexibility index (Phi) is 7.97. The van der Waals surface area contributed by atoms with Gasteiger partial charge >= 0.3 is 6.36 Å². The molecule has 0 atom stereocenters. The van der Waals surface area contributed by atoms with Crippen LogP contribution in [0.1, 0.15) is 63.8 Å². The Balaban J connectivity index is 1.51. The van der Waals surface area contributed by atoms with Crippen LogP contribution in [-0.2, 0) is 10.8 Å². The molecule has 0 spiro atoms. The summed E-state index contributed by atoms with van der Waals surface area (Å²) in [7, 11) is 0. The molecule has 0 radical (unpaired) electrons. The Morgan fingerprint density at radius 3 is 1.32 bits per heavy atom. The quantitative estimate of drug-likeness (QED) is 0.168. The molecule has 56 heavy (non-hydrogen) atoms. The van der Waals surface area contributed by atoms with Crippen LogP contribution in [0.3, 0.4) is 0 Å². The predicted octanol–water partition coefficient (Wildman–Crippen LogP) is 12.2. The molecule has 0 bridgehead atoms. The van der Waals surface area contributed by atoms with Gasteiger partial charge in [0.1, 0.15) is 5.75 Å². The second kappa shape index (κ2) is 12.4. The molecule has 0 saturated heterocycles. The van der Waals surface area contributed by atoms with Crippen molar-refractivity contribution in [2.75, 3.05) is 9.80 Å². The molecule has 0 N–H and O–H groups in total. The molecule has 2 heterocycles. The monoisotopic (exact) mass is 744 g/mol. The van der Waals surface area contributed by atoms with Crippen LogP contribution in [0, 0.1) is 13.8 Å². The molecule has 2 aliphatic heterocycles. The van der Waals surface area contributed by atoms with Gasteiger partial charge in [-0.1, -0.05) is 139 Å². The van der Waals surface area contributed by atoms with Crippen molar-refractivity contribution in [1.82, 2.24) is 0 Å². The lowest BCUT2D eigenvalue weighted by Crippen LogP contribution is -2.61. The minimum Gasteiger partial charge on any atom is -0.406 e. The van der Waals surface area contributed by atoms with Gasteiger partial charge in [-0.15, -0.1) is 13.2 Å². The first-order chi connectivity index (χ1) is 26.5. The van der Waals surface area contributed by atoms with Crippen molar-refractivity contribution in [3.8, 4) is 5.75 Å². The van der Waals surface area contributed by atoms with Gasteiger partial charge in [-0.25, -0.2) is 0 Å². The molecule has 0 amide bonds. The summed E-state index contributed by atoms with van der Waals surface area (Å²) in [5.41, 5.74) is 12.1. The molecule has 3 nitrogen and oxygen atoms in total. The van der Waals surface area contributed by atoms with E-state index in [0.717, 1.165) is 82.9 Å². The van der Waals surface area contributed by atoms with Gasteiger partial charge in [0, 0.05) is 57.0 Å². The van der Waals surface area contributed by atoms with E-state index >= 15 is 0 Å². The minimum atomic E-state index is -4.91. The van der Waals surface area contributed by atoms with Crippen molar-refractivity contribution in [1.29, 1.82) is 0 Å². The highest BCUT2D eigenvalue weighted by atomic mass is 19.4. The third-order valence-electron chi connectivity index (χ3n) is 11.7. The highest BCUT2D eigenvalue weighted by Gasteiger charge is 2.46. The van der Waals surface area contributed by atoms with Gasteiger partial charge in [0.05, 0.1) is 0 Å². The van der Waals surface area contributed by atoms with E-state index in [9.17, 15) is 13.2 Å². The maximum Gasteiger partial charge on any atom is 0.573 e. The van der Waals surface area contributed by atoms with Crippen LogP contribution in [0.2, 0.25) is 0 Å². The summed E-state index contributed by atoms with van der Waals surface area (Å²) < 4.78 is 48.5. The summed E-state index contributed by atoms with van der Waals surface area (Å²) in [6, 6.07) is 41.4.